The SMILES string of the molecule is CCc1nc(COc2ccc(C(=O)O)cc2C)no1. The number of aryl methyl sites for hydroxylation is 2. The van der Waals surface area contributed by atoms with Crippen molar-refractivity contribution in [2.24, 2.45) is 0 Å². The second-order valence-corrected chi connectivity index (χ2v) is 4.03. The first-order valence-electron chi connectivity index (χ1n) is 5.88. The third-order valence-electron chi connectivity index (χ3n) is 2.59. The van der Waals surface area contributed by atoms with Gasteiger partial charge in [0, 0.05) is 6.42 Å². The monoisotopic (exact) mass is 262 g/mol. The lowest BCUT2D eigenvalue weighted by Crippen LogP contribution is -2.01. The number of carbonyl (C=O) groups is 1. The van der Waals surface area contributed by atoms with Crippen molar-refractivity contribution in [2.45, 2.75) is 26.9 Å². The Kier molecular flexibility index (Phi) is 3.79. The molecule has 0 spiro atoms. The number of hydrogen-bond acceptors (Lipinski definition) is 5. The first kappa shape index (κ1) is 13.1. The van der Waals surface area contributed by atoms with E-state index in [2.05, 4.69) is 10.1 Å². The van der Waals surface area contributed by atoms with E-state index >= 15 is 0 Å². The zero-order valence-electron chi connectivity index (χ0n) is 10.7. The second kappa shape index (κ2) is 5.51. The van der Waals surface area contributed by atoms with Gasteiger partial charge < -0.3 is 14.4 Å². The van der Waals surface area contributed by atoms with Gasteiger partial charge in [0.05, 0.1) is 5.56 Å². The van der Waals surface area contributed by atoms with Crippen molar-refractivity contribution < 1.29 is 19.2 Å². The highest BCUT2D eigenvalue weighted by molar-refractivity contribution is 5.88. The van der Waals surface area contributed by atoms with E-state index in [1.54, 1.807) is 19.1 Å². The summed E-state index contributed by atoms with van der Waals surface area (Å²) in [5.74, 6) is 0.684. The van der Waals surface area contributed by atoms with Crippen molar-refractivity contribution in [1.29, 1.82) is 0 Å². The summed E-state index contributed by atoms with van der Waals surface area (Å²) in [5, 5.41) is 12.6. The van der Waals surface area contributed by atoms with Gasteiger partial charge in [-0.25, -0.2) is 4.79 Å². The predicted octanol–water partition coefficient (Wildman–Crippen LogP) is 2.22. The Balaban J connectivity index is 2.05. The van der Waals surface area contributed by atoms with Crippen molar-refractivity contribution in [3.05, 3.63) is 41.0 Å². The molecule has 0 radical (unpaired) electrons. The lowest BCUT2D eigenvalue weighted by atomic mass is 10.1. The molecule has 1 aromatic carbocycles. The molecule has 2 rings (SSSR count). The molecule has 0 bridgehead atoms. The van der Waals surface area contributed by atoms with Crippen LogP contribution in [0.5, 0.6) is 5.75 Å². The smallest absolute Gasteiger partial charge is 0.335 e. The molecular weight excluding hydrogens is 248 g/mol. The van der Waals surface area contributed by atoms with Crippen LogP contribution < -0.4 is 4.74 Å². The van der Waals surface area contributed by atoms with Gasteiger partial charge >= 0.3 is 5.97 Å². The van der Waals surface area contributed by atoms with Crippen LogP contribution in [0.15, 0.2) is 22.7 Å². The van der Waals surface area contributed by atoms with Crippen molar-refractivity contribution >= 4 is 5.97 Å². The fourth-order valence-corrected chi connectivity index (χ4v) is 1.58. The molecule has 0 aliphatic carbocycles. The van der Waals surface area contributed by atoms with Gasteiger partial charge in [0.1, 0.15) is 5.75 Å². The lowest BCUT2D eigenvalue weighted by Gasteiger charge is -2.07. The van der Waals surface area contributed by atoms with Crippen LogP contribution in [0.1, 0.15) is 34.6 Å². The van der Waals surface area contributed by atoms with Gasteiger partial charge in [-0.3, -0.25) is 0 Å². The van der Waals surface area contributed by atoms with E-state index in [4.69, 9.17) is 14.4 Å². The summed E-state index contributed by atoms with van der Waals surface area (Å²) in [6, 6.07) is 4.68. The summed E-state index contributed by atoms with van der Waals surface area (Å²) in [7, 11) is 0. The zero-order chi connectivity index (χ0) is 13.8. The molecule has 6 nitrogen and oxygen atoms in total. The Bertz CT molecular complexity index is 592. The molecule has 0 saturated carbocycles. The molecular formula is C13H14N2O4. The minimum atomic E-state index is -0.958. The van der Waals surface area contributed by atoms with Crippen LogP contribution in [0, 0.1) is 6.92 Å². The zero-order valence-corrected chi connectivity index (χ0v) is 10.7. The molecule has 1 aromatic heterocycles. The van der Waals surface area contributed by atoms with Gasteiger partial charge in [0.15, 0.2) is 6.61 Å². The molecule has 1 N–H and O–H groups in total. The maximum atomic E-state index is 10.8. The second-order valence-electron chi connectivity index (χ2n) is 4.03. The van der Waals surface area contributed by atoms with E-state index in [9.17, 15) is 4.79 Å². The highest BCUT2D eigenvalue weighted by Crippen LogP contribution is 2.20. The van der Waals surface area contributed by atoms with Crippen LogP contribution >= 0.6 is 0 Å². The van der Waals surface area contributed by atoms with Gasteiger partial charge in [-0.1, -0.05) is 12.1 Å². The molecule has 0 aliphatic rings. The Morgan fingerprint density at radius 2 is 2.26 bits per heavy atom. The average Bonchev–Trinajstić information content (AvgIpc) is 2.85. The summed E-state index contributed by atoms with van der Waals surface area (Å²) in [4.78, 5) is 14.9. The minimum Gasteiger partial charge on any atom is -0.485 e. The lowest BCUT2D eigenvalue weighted by molar-refractivity contribution is 0.0696. The number of carboxylic acids is 1. The van der Waals surface area contributed by atoms with Crippen molar-refractivity contribution in [3.8, 4) is 5.75 Å². The third kappa shape index (κ3) is 3.09. The van der Waals surface area contributed by atoms with E-state index in [0.717, 1.165) is 5.56 Å². The Hall–Kier alpha value is -2.37. The van der Waals surface area contributed by atoms with Crippen molar-refractivity contribution in [3.63, 3.8) is 0 Å². The van der Waals surface area contributed by atoms with Crippen molar-refractivity contribution in [1.82, 2.24) is 10.1 Å². The van der Waals surface area contributed by atoms with Gasteiger partial charge in [0.25, 0.3) is 0 Å². The molecule has 19 heavy (non-hydrogen) atoms. The quantitative estimate of drug-likeness (QED) is 0.889. The number of rotatable bonds is 5. The first-order valence-corrected chi connectivity index (χ1v) is 5.88. The topological polar surface area (TPSA) is 85.5 Å². The summed E-state index contributed by atoms with van der Waals surface area (Å²) in [6.07, 6.45) is 0.680. The van der Waals surface area contributed by atoms with Gasteiger partial charge in [-0.05, 0) is 30.7 Å². The van der Waals surface area contributed by atoms with E-state index in [-0.39, 0.29) is 12.2 Å². The first-order chi connectivity index (χ1) is 9.10. The van der Waals surface area contributed by atoms with E-state index in [1.165, 1.54) is 6.07 Å². The van der Waals surface area contributed by atoms with E-state index < -0.39 is 5.97 Å². The average molecular weight is 262 g/mol. The Labute approximate surface area is 110 Å². The number of nitrogens with zero attached hydrogens (tertiary/aromatic N) is 2. The van der Waals surface area contributed by atoms with Crippen LogP contribution in [0.25, 0.3) is 0 Å². The highest BCUT2D eigenvalue weighted by atomic mass is 16.5. The molecule has 1 heterocycles. The largest absolute Gasteiger partial charge is 0.485 e. The van der Waals surface area contributed by atoms with Gasteiger partial charge in [-0.2, -0.15) is 4.98 Å². The van der Waals surface area contributed by atoms with Crippen LogP contribution in [0.2, 0.25) is 0 Å². The van der Waals surface area contributed by atoms with E-state index in [0.29, 0.717) is 23.9 Å². The molecule has 0 atom stereocenters. The summed E-state index contributed by atoms with van der Waals surface area (Å²) in [5.41, 5.74) is 0.983. The van der Waals surface area contributed by atoms with Gasteiger partial charge in [0.2, 0.25) is 11.7 Å². The molecule has 100 valence electrons. The number of hydrogen-bond donors (Lipinski definition) is 1. The molecule has 0 unspecified atom stereocenters. The Morgan fingerprint density at radius 3 is 2.84 bits per heavy atom. The molecule has 6 heteroatoms. The maximum absolute atomic E-state index is 10.8. The maximum Gasteiger partial charge on any atom is 0.335 e. The van der Waals surface area contributed by atoms with Gasteiger partial charge in [-0.15, -0.1) is 0 Å². The van der Waals surface area contributed by atoms with Crippen LogP contribution in [-0.2, 0) is 13.0 Å². The Morgan fingerprint density at radius 1 is 1.47 bits per heavy atom. The number of carboxylic acid groups (broad SMARTS) is 1. The molecule has 2 aromatic rings. The van der Waals surface area contributed by atoms with Crippen LogP contribution in [0.4, 0.5) is 0 Å². The number of ether oxygens (including phenoxy) is 1. The summed E-state index contributed by atoms with van der Waals surface area (Å²) >= 11 is 0. The number of aromatic nitrogens is 2. The number of benzene rings is 1. The summed E-state index contributed by atoms with van der Waals surface area (Å²) in [6.45, 7) is 3.90. The molecule has 0 saturated heterocycles. The van der Waals surface area contributed by atoms with Crippen molar-refractivity contribution in [2.75, 3.05) is 0 Å². The molecule has 0 fully saturated rings. The minimum absolute atomic E-state index is 0.191. The summed E-state index contributed by atoms with van der Waals surface area (Å²) < 4.78 is 10.5. The van der Waals surface area contributed by atoms with Crippen LogP contribution in [0.3, 0.4) is 0 Å². The standard InChI is InChI=1S/C13H14N2O4/c1-3-12-14-11(15-19-12)7-18-10-5-4-9(13(16)17)6-8(10)2/h4-6H,3,7H2,1-2H3,(H,16,17). The number of aromatic carboxylic acids is 1. The molecule has 0 amide bonds. The third-order valence-corrected chi connectivity index (χ3v) is 2.59. The predicted molar refractivity (Wildman–Crippen MR) is 66.1 cm³/mol. The van der Waals surface area contributed by atoms with E-state index in [1.807, 2.05) is 6.92 Å². The highest BCUT2D eigenvalue weighted by Gasteiger charge is 2.09. The molecule has 0 aliphatic heterocycles. The van der Waals surface area contributed by atoms with Crippen LogP contribution in [-0.4, -0.2) is 21.2 Å². The fraction of sp³-hybridized carbons (Fsp3) is 0.308. The fourth-order valence-electron chi connectivity index (χ4n) is 1.58. The normalized spacial score (nSPS) is 10.4.